The van der Waals surface area contributed by atoms with E-state index in [4.69, 9.17) is 4.74 Å². The van der Waals surface area contributed by atoms with E-state index in [2.05, 4.69) is 15.6 Å². The molecule has 2 heterocycles. The predicted molar refractivity (Wildman–Crippen MR) is 124 cm³/mol. The van der Waals surface area contributed by atoms with Gasteiger partial charge in [0, 0.05) is 30.1 Å². The molecule has 2 N–H and O–H groups in total. The Morgan fingerprint density at radius 1 is 1.06 bits per heavy atom. The molecule has 0 fully saturated rings. The minimum absolute atomic E-state index is 0.0111. The van der Waals surface area contributed by atoms with Crippen molar-refractivity contribution in [2.24, 2.45) is 0 Å². The van der Waals surface area contributed by atoms with Crippen LogP contribution in [0.15, 0.2) is 67.0 Å². The van der Waals surface area contributed by atoms with Crippen LogP contribution in [-0.4, -0.2) is 28.1 Å². The molecule has 2 aromatic carbocycles. The molecule has 0 aliphatic carbocycles. The largest absolute Gasteiger partial charge is 0.491 e. The molecule has 7 heteroatoms. The van der Waals surface area contributed by atoms with E-state index in [9.17, 15) is 9.18 Å². The summed E-state index contributed by atoms with van der Waals surface area (Å²) in [4.78, 5) is 16.6. The van der Waals surface area contributed by atoms with E-state index in [1.807, 2.05) is 55.6 Å². The molecule has 0 radical (unpaired) electrons. The third kappa shape index (κ3) is 4.72. The van der Waals surface area contributed by atoms with Crippen molar-refractivity contribution < 1.29 is 13.9 Å². The lowest BCUT2D eigenvalue weighted by atomic mass is 10.1. The molecular weight excluding hydrogens is 407 g/mol. The number of halogens is 1. The van der Waals surface area contributed by atoms with Crippen LogP contribution in [0.4, 0.5) is 14.9 Å². The first-order valence-electron chi connectivity index (χ1n) is 10.5. The van der Waals surface area contributed by atoms with Gasteiger partial charge in [0.1, 0.15) is 17.2 Å². The molecule has 4 rings (SSSR count). The Kier molecular flexibility index (Phi) is 6.07. The Bertz CT molecular complexity index is 1250. The van der Waals surface area contributed by atoms with E-state index in [-0.39, 0.29) is 18.0 Å². The van der Waals surface area contributed by atoms with Crippen LogP contribution >= 0.6 is 0 Å². The van der Waals surface area contributed by atoms with Crippen LogP contribution in [0.2, 0.25) is 0 Å². The van der Waals surface area contributed by atoms with Crippen LogP contribution < -0.4 is 15.4 Å². The smallest absolute Gasteiger partial charge is 0.319 e. The van der Waals surface area contributed by atoms with E-state index >= 15 is 0 Å². The maximum absolute atomic E-state index is 13.3. The Hall–Kier alpha value is -3.87. The number of carbonyl (C=O) groups is 1. The SMILES string of the molecule is CCNC(=O)Nc1cc(OC(C)C)cc(-c2cnc3cc(-c4ccc(F)cc4)ccn23)c1. The number of hydrogen-bond donors (Lipinski definition) is 2. The zero-order chi connectivity index (χ0) is 22.7. The summed E-state index contributed by atoms with van der Waals surface area (Å²) in [6.07, 6.45) is 3.71. The number of hydrogen-bond acceptors (Lipinski definition) is 3. The number of nitrogens with zero attached hydrogens (tertiary/aromatic N) is 2. The number of fused-ring (bicyclic) bond motifs is 1. The van der Waals surface area contributed by atoms with Crippen molar-refractivity contribution >= 4 is 17.4 Å². The minimum Gasteiger partial charge on any atom is -0.491 e. The molecule has 164 valence electrons. The number of ether oxygens (including phenoxy) is 1. The van der Waals surface area contributed by atoms with E-state index < -0.39 is 0 Å². The van der Waals surface area contributed by atoms with E-state index in [1.54, 1.807) is 24.4 Å². The Morgan fingerprint density at radius 3 is 2.56 bits per heavy atom. The number of imidazole rings is 1. The Labute approximate surface area is 186 Å². The molecule has 0 bridgehead atoms. The summed E-state index contributed by atoms with van der Waals surface area (Å²) < 4.78 is 21.1. The minimum atomic E-state index is -0.276. The first-order valence-corrected chi connectivity index (χ1v) is 10.5. The molecule has 0 spiro atoms. The molecule has 0 saturated heterocycles. The summed E-state index contributed by atoms with van der Waals surface area (Å²) in [5, 5.41) is 5.58. The van der Waals surface area contributed by atoms with Gasteiger partial charge in [-0.1, -0.05) is 12.1 Å². The number of nitrogens with one attached hydrogen (secondary N) is 2. The molecule has 32 heavy (non-hydrogen) atoms. The Balaban J connectivity index is 1.73. The molecular formula is C25H25FN4O2. The highest BCUT2D eigenvalue weighted by molar-refractivity contribution is 5.90. The zero-order valence-electron chi connectivity index (χ0n) is 18.2. The van der Waals surface area contributed by atoms with Gasteiger partial charge in [0.25, 0.3) is 0 Å². The topological polar surface area (TPSA) is 67.7 Å². The average molecular weight is 432 g/mol. The summed E-state index contributed by atoms with van der Waals surface area (Å²) in [5.41, 5.74) is 4.97. The van der Waals surface area contributed by atoms with Gasteiger partial charge in [-0.05, 0) is 68.3 Å². The number of benzene rings is 2. The zero-order valence-corrected chi connectivity index (χ0v) is 18.2. The van der Waals surface area contributed by atoms with Crippen molar-refractivity contribution in [1.82, 2.24) is 14.7 Å². The number of urea groups is 1. The number of carbonyl (C=O) groups excluding carboxylic acids is 1. The van der Waals surface area contributed by atoms with Gasteiger partial charge >= 0.3 is 6.03 Å². The van der Waals surface area contributed by atoms with Gasteiger partial charge in [0.15, 0.2) is 0 Å². The predicted octanol–water partition coefficient (Wildman–Crippen LogP) is 5.74. The second-order valence-electron chi connectivity index (χ2n) is 7.69. The monoisotopic (exact) mass is 432 g/mol. The molecule has 6 nitrogen and oxygen atoms in total. The second-order valence-corrected chi connectivity index (χ2v) is 7.69. The standard InChI is InChI=1S/C25H25FN4O2/c1-4-27-25(31)29-21-11-19(12-22(14-21)32-16(2)3)23-15-28-24-13-18(9-10-30(23)24)17-5-7-20(26)8-6-17/h5-16H,4H2,1-3H3,(H2,27,29,31). The van der Waals surface area contributed by atoms with Crippen molar-refractivity contribution in [3.8, 4) is 28.1 Å². The number of rotatable bonds is 6. The lowest BCUT2D eigenvalue weighted by Crippen LogP contribution is -2.28. The molecule has 0 atom stereocenters. The highest BCUT2D eigenvalue weighted by Gasteiger charge is 2.12. The molecule has 2 aromatic heterocycles. The summed E-state index contributed by atoms with van der Waals surface area (Å²) in [7, 11) is 0. The molecule has 4 aromatic rings. The summed E-state index contributed by atoms with van der Waals surface area (Å²) in [6.45, 7) is 6.30. The van der Waals surface area contributed by atoms with Crippen molar-refractivity contribution in [2.75, 3.05) is 11.9 Å². The number of aromatic nitrogens is 2. The van der Waals surface area contributed by atoms with E-state index in [1.165, 1.54) is 12.1 Å². The fraction of sp³-hybridized carbons (Fsp3) is 0.200. The van der Waals surface area contributed by atoms with Gasteiger partial charge < -0.3 is 15.4 Å². The van der Waals surface area contributed by atoms with Crippen LogP contribution in [0.1, 0.15) is 20.8 Å². The molecule has 0 saturated carbocycles. The molecule has 2 amide bonds. The number of amides is 2. The van der Waals surface area contributed by atoms with Crippen LogP contribution in [0.25, 0.3) is 28.0 Å². The van der Waals surface area contributed by atoms with Gasteiger partial charge in [-0.25, -0.2) is 14.2 Å². The van der Waals surface area contributed by atoms with Crippen molar-refractivity contribution in [1.29, 1.82) is 0 Å². The first kappa shape index (κ1) is 21.4. The lowest BCUT2D eigenvalue weighted by Gasteiger charge is -2.14. The second kappa shape index (κ2) is 9.09. The lowest BCUT2D eigenvalue weighted by molar-refractivity contribution is 0.242. The Morgan fingerprint density at radius 2 is 1.84 bits per heavy atom. The fourth-order valence-electron chi connectivity index (χ4n) is 3.51. The summed E-state index contributed by atoms with van der Waals surface area (Å²) in [6, 6.07) is 15.7. The highest BCUT2D eigenvalue weighted by Crippen LogP contribution is 2.31. The third-order valence-corrected chi connectivity index (χ3v) is 4.86. The van der Waals surface area contributed by atoms with Gasteiger partial charge in [0.05, 0.1) is 18.0 Å². The van der Waals surface area contributed by atoms with Crippen molar-refractivity contribution in [2.45, 2.75) is 26.9 Å². The van der Waals surface area contributed by atoms with E-state index in [0.29, 0.717) is 18.0 Å². The van der Waals surface area contributed by atoms with Gasteiger partial charge in [-0.3, -0.25) is 4.40 Å². The van der Waals surface area contributed by atoms with Crippen molar-refractivity contribution in [3.63, 3.8) is 0 Å². The maximum Gasteiger partial charge on any atom is 0.319 e. The van der Waals surface area contributed by atoms with Crippen LogP contribution in [0.3, 0.4) is 0 Å². The normalized spacial score (nSPS) is 11.0. The number of pyridine rings is 1. The molecule has 0 aliphatic rings. The summed E-state index contributed by atoms with van der Waals surface area (Å²) in [5.74, 6) is 0.389. The van der Waals surface area contributed by atoms with Gasteiger partial charge in [-0.15, -0.1) is 0 Å². The van der Waals surface area contributed by atoms with Crippen LogP contribution in [0, 0.1) is 5.82 Å². The first-order chi connectivity index (χ1) is 15.4. The van der Waals surface area contributed by atoms with E-state index in [0.717, 1.165) is 28.0 Å². The maximum atomic E-state index is 13.3. The number of anilines is 1. The van der Waals surface area contributed by atoms with Gasteiger partial charge in [0.2, 0.25) is 0 Å². The average Bonchev–Trinajstić information content (AvgIpc) is 3.17. The summed E-state index contributed by atoms with van der Waals surface area (Å²) >= 11 is 0. The highest BCUT2D eigenvalue weighted by atomic mass is 19.1. The third-order valence-electron chi connectivity index (χ3n) is 4.86. The van der Waals surface area contributed by atoms with Crippen molar-refractivity contribution in [3.05, 3.63) is 72.8 Å². The van der Waals surface area contributed by atoms with Gasteiger partial charge in [-0.2, -0.15) is 0 Å². The van der Waals surface area contributed by atoms with Crippen LogP contribution in [0.5, 0.6) is 5.75 Å². The quantitative estimate of drug-likeness (QED) is 0.408. The fourth-order valence-corrected chi connectivity index (χ4v) is 3.51. The van der Waals surface area contributed by atoms with Crippen LogP contribution in [-0.2, 0) is 0 Å². The molecule has 0 unspecified atom stereocenters. The molecule has 0 aliphatic heterocycles.